The van der Waals surface area contributed by atoms with Crippen LogP contribution in [0.25, 0.3) is 0 Å². The second-order valence-electron chi connectivity index (χ2n) is 5.82. The van der Waals surface area contributed by atoms with Gasteiger partial charge in [0.1, 0.15) is 5.75 Å². The van der Waals surface area contributed by atoms with Crippen LogP contribution in [0.5, 0.6) is 5.75 Å². The van der Waals surface area contributed by atoms with E-state index in [2.05, 4.69) is 10.6 Å². The lowest BCUT2D eigenvalue weighted by molar-refractivity contribution is -0.117. The van der Waals surface area contributed by atoms with Crippen LogP contribution < -0.4 is 10.6 Å². The van der Waals surface area contributed by atoms with Gasteiger partial charge >= 0.3 is 0 Å². The Bertz CT molecular complexity index is 479. The van der Waals surface area contributed by atoms with Gasteiger partial charge in [0.25, 0.3) is 0 Å². The summed E-state index contributed by atoms with van der Waals surface area (Å²) in [5, 5.41) is 15.9. The van der Waals surface area contributed by atoms with Crippen molar-refractivity contribution in [1.29, 1.82) is 0 Å². The number of anilines is 1. The fourth-order valence-electron chi connectivity index (χ4n) is 2.94. The Morgan fingerprint density at radius 2 is 2.00 bits per heavy atom. The molecule has 1 aliphatic rings. The van der Waals surface area contributed by atoms with Crippen LogP contribution in [0.15, 0.2) is 18.2 Å². The Labute approximate surface area is 120 Å². The molecule has 0 heterocycles. The van der Waals surface area contributed by atoms with E-state index in [1.54, 1.807) is 12.1 Å². The van der Waals surface area contributed by atoms with Gasteiger partial charge in [0.05, 0.1) is 0 Å². The lowest BCUT2D eigenvalue weighted by Gasteiger charge is -2.36. The number of phenols is 1. The Morgan fingerprint density at radius 3 is 2.60 bits per heavy atom. The highest BCUT2D eigenvalue weighted by molar-refractivity contribution is 5.91. The lowest BCUT2D eigenvalue weighted by Crippen LogP contribution is -2.47. The number of hydrogen-bond donors (Lipinski definition) is 3. The van der Waals surface area contributed by atoms with E-state index in [-0.39, 0.29) is 17.2 Å². The highest BCUT2D eigenvalue weighted by atomic mass is 16.3. The third kappa shape index (κ3) is 3.51. The van der Waals surface area contributed by atoms with Gasteiger partial charge in [0.15, 0.2) is 0 Å². The molecule has 2 rings (SSSR count). The summed E-state index contributed by atoms with van der Waals surface area (Å²) in [5.74, 6) is 0.216. The molecule has 0 saturated heterocycles. The summed E-state index contributed by atoms with van der Waals surface area (Å²) < 4.78 is 0. The van der Waals surface area contributed by atoms with Crippen molar-refractivity contribution in [2.24, 2.45) is 0 Å². The van der Waals surface area contributed by atoms with Gasteiger partial charge in [0, 0.05) is 23.7 Å². The van der Waals surface area contributed by atoms with Crippen molar-refractivity contribution in [3.05, 3.63) is 23.8 Å². The van der Waals surface area contributed by atoms with Crippen LogP contribution >= 0.6 is 0 Å². The van der Waals surface area contributed by atoms with Crippen LogP contribution in [0, 0.1) is 6.92 Å². The van der Waals surface area contributed by atoms with Gasteiger partial charge in [-0.15, -0.1) is 0 Å². The minimum Gasteiger partial charge on any atom is -0.508 e. The van der Waals surface area contributed by atoms with E-state index in [0.717, 1.165) is 18.4 Å². The molecule has 0 bridgehead atoms. The third-order valence-electron chi connectivity index (χ3n) is 4.33. The first-order valence-corrected chi connectivity index (χ1v) is 7.33. The minimum atomic E-state index is -0.0604. The molecule has 1 aliphatic carbocycles. The van der Waals surface area contributed by atoms with Gasteiger partial charge in [0.2, 0.25) is 5.91 Å². The average Bonchev–Trinajstić information content (AvgIpc) is 2.44. The van der Waals surface area contributed by atoms with Gasteiger partial charge in [-0.25, -0.2) is 0 Å². The number of rotatable bonds is 4. The molecule has 4 nitrogen and oxygen atoms in total. The third-order valence-corrected chi connectivity index (χ3v) is 4.33. The van der Waals surface area contributed by atoms with E-state index in [9.17, 15) is 9.90 Å². The van der Waals surface area contributed by atoms with E-state index in [0.29, 0.717) is 12.1 Å². The van der Waals surface area contributed by atoms with E-state index < -0.39 is 0 Å². The number of aromatic hydroxyl groups is 1. The fraction of sp³-hybridized carbons (Fsp3) is 0.562. The second-order valence-corrected chi connectivity index (χ2v) is 5.82. The van der Waals surface area contributed by atoms with E-state index in [4.69, 9.17) is 0 Å². The molecule has 110 valence electrons. The summed E-state index contributed by atoms with van der Waals surface area (Å²) in [7, 11) is 1.94. The van der Waals surface area contributed by atoms with Crippen LogP contribution in [-0.2, 0) is 4.79 Å². The van der Waals surface area contributed by atoms with Gasteiger partial charge < -0.3 is 15.7 Å². The fourth-order valence-corrected chi connectivity index (χ4v) is 2.94. The van der Waals surface area contributed by atoms with Crippen LogP contribution in [-0.4, -0.2) is 23.6 Å². The largest absolute Gasteiger partial charge is 0.508 e. The molecule has 0 aliphatic heterocycles. The van der Waals surface area contributed by atoms with Crippen molar-refractivity contribution < 1.29 is 9.90 Å². The van der Waals surface area contributed by atoms with E-state index in [1.165, 1.54) is 19.3 Å². The molecule has 0 aromatic heterocycles. The first-order valence-electron chi connectivity index (χ1n) is 7.33. The van der Waals surface area contributed by atoms with E-state index >= 15 is 0 Å². The van der Waals surface area contributed by atoms with Crippen LogP contribution in [0.3, 0.4) is 0 Å². The number of benzene rings is 1. The number of hydrogen-bond acceptors (Lipinski definition) is 3. The summed E-state index contributed by atoms with van der Waals surface area (Å²) in [4.78, 5) is 12.2. The molecule has 1 fully saturated rings. The van der Waals surface area contributed by atoms with Gasteiger partial charge in [-0.05, 0) is 38.4 Å². The number of amides is 1. The van der Waals surface area contributed by atoms with Gasteiger partial charge in [-0.3, -0.25) is 4.79 Å². The standard InChI is InChI=1S/C16H24N2O2/c1-12-6-7-13(10-14(12)19)18-15(20)11-16(17-2)8-4-3-5-9-16/h6-7,10,17,19H,3-5,8-9,11H2,1-2H3,(H,18,20). The SMILES string of the molecule is CNC1(CC(=O)Nc2ccc(C)c(O)c2)CCCCC1. The van der Waals surface area contributed by atoms with Gasteiger partial charge in [-0.2, -0.15) is 0 Å². The molecular weight excluding hydrogens is 252 g/mol. The summed E-state index contributed by atoms with van der Waals surface area (Å²) in [6.07, 6.45) is 6.21. The Balaban J connectivity index is 1.98. The molecule has 0 atom stereocenters. The van der Waals surface area contributed by atoms with Crippen molar-refractivity contribution >= 4 is 11.6 Å². The Morgan fingerprint density at radius 1 is 1.30 bits per heavy atom. The molecule has 1 saturated carbocycles. The molecule has 1 amide bonds. The van der Waals surface area contributed by atoms with Crippen molar-refractivity contribution in [1.82, 2.24) is 5.32 Å². The average molecular weight is 276 g/mol. The Kier molecular flexibility index (Phi) is 4.65. The smallest absolute Gasteiger partial charge is 0.226 e. The second kappa shape index (κ2) is 6.27. The molecule has 1 aromatic rings. The van der Waals surface area contributed by atoms with Gasteiger partial charge in [-0.1, -0.05) is 25.3 Å². The highest BCUT2D eigenvalue weighted by Gasteiger charge is 2.32. The van der Waals surface area contributed by atoms with Crippen molar-refractivity contribution in [2.45, 2.75) is 51.0 Å². The first-order chi connectivity index (χ1) is 9.54. The number of nitrogens with one attached hydrogen (secondary N) is 2. The van der Waals surface area contributed by atoms with Crippen molar-refractivity contribution in [3.8, 4) is 5.75 Å². The number of carbonyl (C=O) groups excluding carboxylic acids is 1. The minimum absolute atomic E-state index is 0.00417. The monoisotopic (exact) mass is 276 g/mol. The predicted molar refractivity (Wildman–Crippen MR) is 81.0 cm³/mol. The van der Waals surface area contributed by atoms with Crippen LogP contribution in [0.4, 0.5) is 5.69 Å². The number of phenolic OH excluding ortho intramolecular Hbond substituents is 1. The number of aryl methyl sites for hydroxylation is 1. The zero-order valence-corrected chi connectivity index (χ0v) is 12.3. The molecule has 0 spiro atoms. The summed E-state index contributed by atoms with van der Waals surface area (Å²) in [6, 6.07) is 5.22. The van der Waals surface area contributed by atoms with Crippen molar-refractivity contribution in [2.75, 3.05) is 12.4 Å². The Hall–Kier alpha value is -1.55. The lowest BCUT2D eigenvalue weighted by atomic mass is 9.79. The highest BCUT2D eigenvalue weighted by Crippen LogP contribution is 2.31. The molecule has 0 radical (unpaired) electrons. The maximum Gasteiger partial charge on any atom is 0.226 e. The zero-order valence-electron chi connectivity index (χ0n) is 12.3. The normalized spacial score (nSPS) is 17.7. The molecule has 0 unspecified atom stereocenters. The molecule has 3 N–H and O–H groups in total. The zero-order chi connectivity index (χ0) is 14.6. The summed E-state index contributed by atoms with van der Waals surface area (Å²) in [5.41, 5.74) is 1.40. The van der Waals surface area contributed by atoms with Crippen LogP contribution in [0.1, 0.15) is 44.1 Å². The molecular formula is C16H24N2O2. The molecule has 20 heavy (non-hydrogen) atoms. The first kappa shape index (κ1) is 14.9. The quantitative estimate of drug-likeness (QED) is 0.792. The van der Waals surface area contributed by atoms with Crippen molar-refractivity contribution in [3.63, 3.8) is 0 Å². The summed E-state index contributed by atoms with van der Waals surface area (Å²) in [6.45, 7) is 1.83. The maximum absolute atomic E-state index is 12.2. The summed E-state index contributed by atoms with van der Waals surface area (Å²) >= 11 is 0. The molecule has 4 heteroatoms. The number of carbonyl (C=O) groups is 1. The van der Waals surface area contributed by atoms with E-state index in [1.807, 2.05) is 20.0 Å². The molecule has 1 aromatic carbocycles. The topological polar surface area (TPSA) is 61.4 Å². The predicted octanol–water partition coefficient (Wildman–Crippen LogP) is 2.95. The maximum atomic E-state index is 12.2. The van der Waals surface area contributed by atoms with Crippen LogP contribution in [0.2, 0.25) is 0 Å².